The first-order valence-electron chi connectivity index (χ1n) is 11.8. The molecule has 7 heteroatoms. The Bertz CT molecular complexity index is 1070. The Morgan fingerprint density at radius 2 is 1.61 bits per heavy atom. The van der Waals surface area contributed by atoms with Gasteiger partial charge in [-0.3, -0.25) is 0 Å². The summed E-state index contributed by atoms with van der Waals surface area (Å²) in [6.45, 7) is 2.13. The predicted octanol–water partition coefficient (Wildman–Crippen LogP) is 4.87. The Hall–Kier alpha value is -3.06. The molecule has 2 fully saturated rings. The average molecular weight is 449 g/mol. The van der Waals surface area contributed by atoms with Crippen LogP contribution in [0, 0.1) is 0 Å². The van der Waals surface area contributed by atoms with Gasteiger partial charge in [-0.15, -0.1) is 10.2 Å². The van der Waals surface area contributed by atoms with E-state index in [-0.39, 0.29) is 6.10 Å². The number of likely N-dealkylation sites (N-methyl/N-ethyl adjacent to an activating group) is 1. The molecule has 0 bridgehead atoms. The van der Waals surface area contributed by atoms with E-state index in [1.807, 2.05) is 18.2 Å². The van der Waals surface area contributed by atoms with Crippen molar-refractivity contribution in [2.45, 2.75) is 44.2 Å². The van der Waals surface area contributed by atoms with Crippen LogP contribution >= 0.6 is 0 Å². The largest absolute Gasteiger partial charge is 0.493 e. The van der Waals surface area contributed by atoms with Crippen LogP contribution in [0.4, 0.5) is 5.69 Å². The Morgan fingerprint density at radius 1 is 0.909 bits per heavy atom. The smallest absolute Gasteiger partial charge is 0.248 e. The normalized spacial score (nSPS) is 18.9. The molecule has 174 valence electrons. The maximum atomic E-state index is 6.21. The minimum absolute atomic E-state index is 0.245. The number of ether oxygens (including phenoxy) is 2. The predicted molar refractivity (Wildman–Crippen MR) is 129 cm³/mol. The van der Waals surface area contributed by atoms with Crippen molar-refractivity contribution in [1.29, 1.82) is 0 Å². The molecule has 3 aromatic rings. The highest BCUT2D eigenvalue weighted by Gasteiger charge is 2.24. The number of anilines is 1. The zero-order valence-electron chi connectivity index (χ0n) is 19.7. The molecular weight excluding hydrogens is 416 g/mol. The molecule has 0 spiro atoms. The SMILES string of the molecule is COc1ccc(-c2nnc(-c3ccc(N4CCC(N(C)C)C4)cc3)o2)cc1OC1CCCC1. The third kappa shape index (κ3) is 4.69. The first-order valence-corrected chi connectivity index (χ1v) is 11.8. The van der Waals surface area contributed by atoms with Crippen molar-refractivity contribution in [2.75, 3.05) is 39.2 Å². The van der Waals surface area contributed by atoms with Crippen molar-refractivity contribution < 1.29 is 13.9 Å². The van der Waals surface area contributed by atoms with Crippen LogP contribution in [0.3, 0.4) is 0 Å². The van der Waals surface area contributed by atoms with E-state index in [1.165, 1.54) is 24.9 Å². The van der Waals surface area contributed by atoms with E-state index >= 15 is 0 Å². The fraction of sp³-hybridized carbons (Fsp3) is 0.462. The quantitative estimate of drug-likeness (QED) is 0.511. The van der Waals surface area contributed by atoms with Crippen molar-refractivity contribution in [3.05, 3.63) is 42.5 Å². The molecule has 1 aliphatic carbocycles. The molecule has 1 saturated heterocycles. The van der Waals surface area contributed by atoms with Gasteiger partial charge in [0.25, 0.3) is 0 Å². The number of hydrogen-bond donors (Lipinski definition) is 0. The average Bonchev–Trinajstić information content (AvgIpc) is 3.61. The van der Waals surface area contributed by atoms with Gasteiger partial charge in [-0.05, 0) is 88.7 Å². The van der Waals surface area contributed by atoms with E-state index in [0.717, 1.165) is 48.6 Å². The highest BCUT2D eigenvalue weighted by Crippen LogP contribution is 2.36. The molecule has 2 aliphatic rings. The second-order valence-electron chi connectivity index (χ2n) is 9.20. The number of aromatic nitrogens is 2. The van der Waals surface area contributed by atoms with Crippen LogP contribution in [0.1, 0.15) is 32.1 Å². The van der Waals surface area contributed by atoms with Gasteiger partial charge in [-0.1, -0.05) is 0 Å². The van der Waals surface area contributed by atoms with E-state index in [1.54, 1.807) is 7.11 Å². The van der Waals surface area contributed by atoms with Crippen LogP contribution in [-0.2, 0) is 0 Å². The van der Waals surface area contributed by atoms with Crippen LogP contribution in [0.25, 0.3) is 22.9 Å². The zero-order chi connectivity index (χ0) is 22.8. The van der Waals surface area contributed by atoms with Gasteiger partial charge in [0.1, 0.15) is 0 Å². The van der Waals surface area contributed by atoms with Crippen LogP contribution in [0.5, 0.6) is 11.5 Å². The van der Waals surface area contributed by atoms with Crippen LogP contribution in [0.2, 0.25) is 0 Å². The van der Waals surface area contributed by atoms with Crippen LogP contribution in [0.15, 0.2) is 46.9 Å². The summed E-state index contributed by atoms with van der Waals surface area (Å²) >= 11 is 0. The fourth-order valence-electron chi connectivity index (χ4n) is 4.76. The Morgan fingerprint density at radius 3 is 2.27 bits per heavy atom. The topological polar surface area (TPSA) is 63.9 Å². The van der Waals surface area contributed by atoms with Crippen molar-refractivity contribution >= 4 is 5.69 Å². The minimum atomic E-state index is 0.245. The summed E-state index contributed by atoms with van der Waals surface area (Å²) in [6, 6.07) is 14.7. The van der Waals surface area contributed by atoms with Gasteiger partial charge in [0.15, 0.2) is 11.5 Å². The van der Waals surface area contributed by atoms with E-state index in [4.69, 9.17) is 13.9 Å². The maximum absolute atomic E-state index is 6.21. The molecule has 0 radical (unpaired) electrons. The van der Waals surface area contributed by atoms with Crippen molar-refractivity contribution in [2.24, 2.45) is 0 Å². The van der Waals surface area contributed by atoms with Gasteiger partial charge in [-0.2, -0.15) is 0 Å². The third-order valence-corrected chi connectivity index (χ3v) is 6.80. The Balaban J connectivity index is 1.32. The fourth-order valence-corrected chi connectivity index (χ4v) is 4.76. The molecule has 2 aromatic carbocycles. The molecule has 1 aliphatic heterocycles. The molecule has 2 heterocycles. The molecule has 0 amide bonds. The summed E-state index contributed by atoms with van der Waals surface area (Å²) in [7, 11) is 5.96. The monoisotopic (exact) mass is 448 g/mol. The molecule has 0 N–H and O–H groups in total. The minimum Gasteiger partial charge on any atom is -0.493 e. The lowest BCUT2D eigenvalue weighted by atomic mass is 10.2. The first kappa shape index (κ1) is 21.8. The van der Waals surface area contributed by atoms with Gasteiger partial charge >= 0.3 is 0 Å². The van der Waals surface area contributed by atoms with Crippen molar-refractivity contribution in [3.63, 3.8) is 0 Å². The van der Waals surface area contributed by atoms with Crippen molar-refractivity contribution in [3.8, 4) is 34.4 Å². The molecule has 1 saturated carbocycles. The summed E-state index contributed by atoms with van der Waals surface area (Å²) in [5, 5.41) is 8.58. The Labute approximate surface area is 195 Å². The zero-order valence-corrected chi connectivity index (χ0v) is 19.7. The number of benzene rings is 2. The van der Waals surface area contributed by atoms with Gasteiger partial charge < -0.3 is 23.7 Å². The van der Waals surface area contributed by atoms with Crippen LogP contribution in [-0.4, -0.2) is 61.5 Å². The van der Waals surface area contributed by atoms with E-state index < -0.39 is 0 Å². The lowest BCUT2D eigenvalue weighted by molar-refractivity contribution is 0.201. The van der Waals surface area contributed by atoms with Gasteiger partial charge in [-0.25, -0.2) is 0 Å². The standard InChI is InChI=1S/C26H32N4O3/c1-29(2)21-14-15-30(17-21)20-11-8-18(9-12-20)25-27-28-26(33-25)19-10-13-23(31-3)24(16-19)32-22-6-4-5-7-22/h8-13,16,21-22H,4-7,14-15,17H2,1-3H3. The number of methoxy groups -OCH3 is 1. The summed E-state index contributed by atoms with van der Waals surface area (Å²) in [6.07, 6.45) is 6.03. The Kier molecular flexibility index (Phi) is 6.22. The second kappa shape index (κ2) is 9.43. The summed E-state index contributed by atoms with van der Waals surface area (Å²) < 4.78 is 17.7. The molecule has 1 atom stereocenters. The van der Waals surface area contributed by atoms with Gasteiger partial charge in [0, 0.05) is 35.9 Å². The summed E-state index contributed by atoms with van der Waals surface area (Å²) in [5.74, 6) is 2.44. The first-order chi connectivity index (χ1) is 16.1. The lowest BCUT2D eigenvalue weighted by Crippen LogP contribution is -2.31. The summed E-state index contributed by atoms with van der Waals surface area (Å²) in [4.78, 5) is 4.73. The molecular formula is C26H32N4O3. The number of rotatable bonds is 7. The van der Waals surface area contributed by atoms with E-state index in [0.29, 0.717) is 17.8 Å². The van der Waals surface area contributed by atoms with Gasteiger partial charge in [0.05, 0.1) is 13.2 Å². The highest BCUT2D eigenvalue weighted by molar-refractivity contribution is 5.63. The van der Waals surface area contributed by atoms with Crippen molar-refractivity contribution in [1.82, 2.24) is 15.1 Å². The maximum Gasteiger partial charge on any atom is 0.248 e. The molecule has 5 rings (SSSR count). The van der Waals surface area contributed by atoms with E-state index in [2.05, 4.69) is 58.4 Å². The van der Waals surface area contributed by atoms with Gasteiger partial charge in [0.2, 0.25) is 11.8 Å². The molecule has 1 unspecified atom stereocenters. The van der Waals surface area contributed by atoms with Crippen LogP contribution < -0.4 is 14.4 Å². The third-order valence-electron chi connectivity index (χ3n) is 6.80. The lowest BCUT2D eigenvalue weighted by Gasteiger charge is -2.21. The number of hydrogen-bond acceptors (Lipinski definition) is 7. The molecule has 33 heavy (non-hydrogen) atoms. The second-order valence-corrected chi connectivity index (χ2v) is 9.20. The molecule has 7 nitrogen and oxygen atoms in total. The summed E-state index contributed by atoms with van der Waals surface area (Å²) in [5.41, 5.74) is 2.97. The molecule has 1 aromatic heterocycles. The number of nitrogens with zero attached hydrogens (tertiary/aromatic N) is 4. The van der Waals surface area contributed by atoms with E-state index in [9.17, 15) is 0 Å². The highest BCUT2D eigenvalue weighted by atomic mass is 16.5.